The van der Waals surface area contributed by atoms with Crippen molar-refractivity contribution in [2.75, 3.05) is 11.4 Å². The van der Waals surface area contributed by atoms with Crippen LogP contribution >= 0.6 is 11.9 Å². The molecular formula is C37H39N3O4S. The Bertz CT molecular complexity index is 1630. The number of aromatic carboxylic acids is 1. The minimum atomic E-state index is -1.24. The quantitative estimate of drug-likeness (QED) is 0.136. The van der Waals surface area contributed by atoms with Crippen molar-refractivity contribution in [3.05, 3.63) is 124 Å². The zero-order valence-corrected chi connectivity index (χ0v) is 26.8. The van der Waals surface area contributed by atoms with Crippen LogP contribution in [0.25, 0.3) is 0 Å². The van der Waals surface area contributed by atoms with Crippen LogP contribution in [0, 0.1) is 18.3 Å². The average molecular weight is 622 g/mol. The van der Waals surface area contributed by atoms with E-state index in [1.165, 1.54) is 29.6 Å². The highest BCUT2D eigenvalue weighted by Crippen LogP contribution is 2.30. The Hall–Kier alpha value is -4.58. The Balaban J connectivity index is 1.65. The van der Waals surface area contributed by atoms with Gasteiger partial charge in [-0.1, -0.05) is 74.4 Å². The third kappa shape index (κ3) is 9.21. The second kappa shape index (κ2) is 15.9. The van der Waals surface area contributed by atoms with Gasteiger partial charge in [0.25, 0.3) is 0 Å². The molecule has 7 nitrogen and oxygen atoms in total. The second-order valence-electron chi connectivity index (χ2n) is 11.1. The monoisotopic (exact) mass is 621 g/mol. The number of carboxylic acids is 1. The smallest absolute Gasteiger partial charge is 0.339 e. The number of nitriles is 1. The predicted molar refractivity (Wildman–Crippen MR) is 179 cm³/mol. The second-order valence-corrected chi connectivity index (χ2v) is 12.3. The highest BCUT2D eigenvalue weighted by molar-refractivity contribution is 7.97. The molecular weight excluding hydrogens is 582 g/mol. The Morgan fingerprint density at radius 3 is 2.11 bits per heavy atom. The molecule has 8 heteroatoms. The first-order valence-corrected chi connectivity index (χ1v) is 15.9. The van der Waals surface area contributed by atoms with Crippen molar-refractivity contribution < 1.29 is 19.8 Å². The maximum absolute atomic E-state index is 14.2. The van der Waals surface area contributed by atoms with Crippen molar-refractivity contribution in [1.82, 2.24) is 4.31 Å². The molecule has 1 atom stereocenters. The van der Waals surface area contributed by atoms with Crippen molar-refractivity contribution in [1.29, 1.82) is 5.26 Å². The number of carbonyl (C=O) groups is 2. The van der Waals surface area contributed by atoms with E-state index in [9.17, 15) is 25.1 Å². The number of nitrogens with zero attached hydrogens (tertiary/aromatic N) is 3. The third-order valence-electron chi connectivity index (χ3n) is 7.76. The molecule has 4 aromatic carbocycles. The number of rotatable bonds is 14. The number of amides is 1. The van der Waals surface area contributed by atoms with Crippen LogP contribution in [0.3, 0.4) is 0 Å². The van der Waals surface area contributed by atoms with Gasteiger partial charge in [0.1, 0.15) is 11.3 Å². The molecule has 0 radical (unpaired) electrons. The lowest BCUT2D eigenvalue weighted by Crippen LogP contribution is -2.37. The summed E-state index contributed by atoms with van der Waals surface area (Å²) in [7, 11) is 0. The van der Waals surface area contributed by atoms with Gasteiger partial charge in [0, 0.05) is 23.2 Å². The van der Waals surface area contributed by atoms with E-state index in [-0.39, 0.29) is 24.6 Å². The molecule has 0 aliphatic carbocycles. The summed E-state index contributed by atoms with van der Waals surface area (Å²) in [6, 6.07) is 30.0. The minimum Gasteiger partial charge on any atom is -0.507 e. The number of aromatic hydroxyl groups is 1. The Morgan fingerprint density at radius 2 is 1.53 bits per heavy atom. The summed E-state index contributed by atoms with van der Waals surface area (Å²) >= 11 is 1.46. The number of hydrogen-bond acceptors (Lipinski definition) is 6. The van der Waals surface area contributed by atoms with Crippen molar-refractivity contribution >= 4 is 29.5 Å². The maximum atomic E-state index is 14.2. The topological polar surface area (TPSA) is 105 Å². The van der Waals surface area contributed by atoms with E-state index in [2.05, 4.69) is 32.0 Å². The lowest BCUT2D eigenvalue weighted by atomic mass is 9.91. The Morgan fingerprint density at radius 1 is 0.889 bits per heavy atom. The van der Waals surface area contributed by atoms with Crippen molar-refractivity contribution in [3.8, 4) is 11.8 Å². The molecule has 0 bridgehead atoms. The lowest BCUT2D eigenvalue weighted by Gasteiger charge is -2.28. The molecule has 0 saturated heterocycles. The molecule has 45 heavy (non-hydrogen) atoms. The van der Waals surface area contributed by atoms with Gasteiger partial charge in [0.15, 0.2) is 0 Å². The summed E-state index contributed by atoms with van der Waals surface area (Å²) < 4.78 is 1.96. The zero-order valence-electron chi connectivity index (χ0n) is 25.9. The average Bonchev–Trinajstić information content (AvgIpc) is 3.04. The molecule has 4 rings (SSSR count). The first kappa shape index (κ1) is 33.3. The Labute approximate surface area is 269 Å². The summed E-state index contributed by atoms with van der Waals surface area (Å²) in [6.07, 6.45) is 3.28. The molecule has 0 heterocycles. The van der Waals surface area contributed by atoms with Gasteiger partial charge in [-0.3, -0.25) is 4.79 Å². The zero-order chi connectivity index (χ0) is 32.3. The van der Waals surface area contributed by atoms with Crippen LogP contribution in [-0.4, -0.2) is 32.9 Å². The molecule has 4 aromatic rings. The molecule has 0 aliphatic rings. The lowest BCUT2D eigenvalue weighted by molar-refractivity contribution is -0.118. The van der Waals surface area contributed by atoms with Crippen molar-refractivity contribution in [2.24, 2.45) is 0 Å². The number of carboxylic acid groups (broad SMARTS) is 1. The van der Waals surface area contributed by atoms with Gasteiger partial charge in [-0.25, -0.2) is 9.10 Å². The SMILES string of the molecule is CCCC(CC)c1ccc(CN(C(=O)CN(Cc2ccc(C#N)cc2)Sc2ccc(C)cc2)c2ccc(C(=O)O)c(O)c2)cc1. The number of hydrogen-bond donors (Lipinski definition) is 2. The fraction of sp³-hybridized carbons (Fsp3) is 0.270. The summed E-state index contributed by atoms with van der Waals surface area (Å²) in [5.41, 5.74) is 5.02. The van der Waals surface area contributed by atoms with Crippen LogP contribution < -0.4 is 4.90 Å². The number of anilines is 1. The minimum absolute atomic E-state index is 0.0342. The molecule has 232 valence electrons. The van der Waals surface area contributed by atoms with Crippen LogP contribution in [0.15, 0.2) is 95.9 Å². The van der Waals surface area contributed by atoms with Crippen LogP contribution in [0.2, 0.25) is 0 Å². The van der Waals surface area contributed by atoms with Gasteiger partial charge in [0.05, 0.1) is 24.7 Å². The molecule has 0 aliphatic heterocycles. The maximum Gasteiger partial charge on any atom is 0.339 e. The van der Waals surface area contributed by atoms with Crippen molar-refractivity contribution in [2.45, 2.75) is 63.9 Å². The largest absolute Gasteiger partial charge is 0.507 e. The predicted octanol–water partition coefficient (Wildman–Crippen LogP) is 8.31. The van der Waals surface area contributed by atoms with E-state index in [0.29, 0.717) is 23.7 Å². The van der Waals surface area contributed by atoms with Crippen LogP contribution in [0.5, 0.6) is 5.75 Å². The van der Waals surface area contributed by atoms with Gasteiger partial charge in [0.2, 0.25) is 5.91 Å². The summed E-state index contributed by atoms with van der Waals surface area (Å²) in [4.78, 5) is 28.3. The molecule has 0 spiro atoms. The van der Waals surface area contributed by atoms with E-state index in [1.807, 2.05) is 59.8 Å². The van der Waals surface area contributed by atoms with Gasteiger partial charge in [-0.15, -0.1) is 0 Å². The van der Waals surface area contributed by atoms with E-state index in [1.54, 1.807) is 23.1 Å². The highest BCUT2D eigenvalue weighted by atomic mass is 32.2. The fourth-order valence-electron chi connectivity index (χ4n) is 5.22. The normalized spacial score (nSPS) is 11.6. The highest BCUT2D eigenvalue weighted by Gasteiger charge is 2.23. The van der Waals surface area contributed by atoms with E-state index in [4.69, 9.17) is 0 Å². The van der Waals surface area contributed by atoms with Gasteiger partial charge in [-0.2, -0.15) is 5.26 Å². The fourth-order valence-corrected chi connectivity index (χ4v) is 6.16. The van der Waals surface area contributed by atoms with Gasteiger partial charge < -0.3 is 15.1 Å². The molecule has 0 fully saturated rings. The van der Waals surface area contributed by atoms with E-state index in [0.717, 1.165) is 40.8 Å². The molecule has 0 aromatic heterocycles. The number of aryl methyl sites for hydroxylation is 1. The summed E-state index contributed by atoms with van der Waals surface area (Å²) in [5, 5.41) is 29.2. The Kier molecular flexibility index (Phi) is 11.8. The standard InChI is InChI=1S/C37H39N3O4S/c1-4-6-30(5-2)31-15-13-29(14-16-31)24-40(32-17-20-34(37(43)44)35(41)21-32)36(42)25-39(45-33-18-7-26(3)8-19-33)23-28-11-9-27(22-38)10-12-28/h7-21,30,41H,4-6,23-25H2,1-3H3,(H,43,44). The number of benzene rings is 4. The van der Waals surface area contributed by atoms with Crippen LogP contribution in [-0.2, 0) is 17.9 Å². The molecule has 0 saturated carbocycles. The van der Waals surface area contributed by atoms with Crippen LogP contribution in [0.1, 0.15) is 77.2 Å². The molecule has 1 amide bonds. The summed E-state index contributed by atoms with van der Waals surface area (Å²) in [5.74, 6) is -1.38. The first-order chi connectivity index (χ1) is 21.7. The number of carbonyl (C=O) groups excluding carboxylic acids is 1. The van der Waals surface area contributed by atoms with Gasteiger partial charge in [-0.05, 0) is 90.7 Å². The number of phenols is 1. The third-order valence-corrected chi connectivity index (χ3v) is 8.75. The first-order valence-electron chi connectivity index (χ1n) is 15.1. The molecule has 1 unspecified atom stereocenters. The van der Waals surface area contributed by atoms with Crippen molar-refractivity contribution in [3.63, 3.8) is 0 Å². The van der Waals surface area contributed by atoms with Gasteiger partial charge >= 0.3 is 5.97 Å². The van der Waals surface area contributed by atoms with Crippen LogP contribution in [0.4, 0.5) is 5.69 Å². The van der Waals surface area contributed by atoms with E-state index < -0.39 is 11.7 Å². The molecule has 2 N–H and O–H groups in total. The summed E-state index contributed by atoms with van der Waals surface area (Å²) in [6.45, 7) is 7.13. The van der Waals surface area contributed by atoms with E-state index >= 15 is 0 Å².